The summed E-state index contributed by atoms with van der Waals surface area (Å²) in [5.41, 5.74) is 4.79. The van der Waals surface area contributed by atoms with Gasteiger partial charge < -0.3 is 16.0 Å². The molecule has 2 unspecified atom stereocenters. The Labute approximate surface area is 122 Å². The smallest absolute Gasteiger partial charge is 0.237 e. The van der Waals surface area contributed by atoms with E-state index in [0.717, 1.165) is 12.8 Å². The van der Waals surface area contributed by atoms with Gasteiger partial charge >= 0.3 is 0 Å². The number of hydrogen-bond donors (Lipinski definition) is 2. The third-order valence-corrected chi connectivity index (χ3v) is 4.84. The molecule has 1 fully saturated rings. The highest BCUT2D eigenvalue weighted by atomic mass is 32.2. The SMILES string of the molecule is CC(CC(C)(NC1CC1)C(N)=O)N(C)CCS(C)(=O)=O. The van der Waals surface area contributed by atoms with E-state index in [9.17, 15) is 13.2 Å². The molecule has 1 aliphatic carbocycles. The van der Waals surface area contributed by atoms with E-state index in [4.69, 9.17) is 5.73 Å². The van der Waals surface area contributed by atoms with Crippen molar-refractivity contribution in [2.24, 2.45) is 5.73 Å². The van der Waals surface area contributed by atoms with E-state index in [0.29, 0.717) is 19.0 Å². The standard InChI is InChI=1S/C13H27N3O3S/c1-10(16(3)7-8-20(4,18)19)9-13(2,12(14)17)15-11-5-6-11/h10-11,15H,5-9H2,1-4H3,(H2,14,17). The van der Waals surface area contributed by atoms with Crippen molar-refractivity contribution in [3.05, 3.63) is 0 Å². The van der Waals surface area contributed by atoms with Gasteiger partial charge in [-0.3, -0.25) is 4.79 Å². The van der Waals surface area contributed by atoms with Crippen LogP contribution >= 0.6 is 0 Å². The molecule has 0 spiro atoms. The lowest BCUT2D eigenvalue weighted by Gasteiger charge is -2.34. The number of primary amides is 1. The Balaban J connectivity index is 2.56. The largest absolute Gasteiger partial charge is 0.368 e. The first-order valence-electron chi connectivity index (χ1n) is 6.99. The fourth-order valence-corrected chi connectivity index (χ4v) is 2.81. The van der Waals surface area contributed by atoms with Gasteiger partial charge in [0, 0.05) is 24.9 Å². The molecule has 0 heterocycles. The second-order valence-corrected chi connectivity index (χ2v) is 8.54. The summed E-state index contributed by atoms with van der Waals surface area (Å²) in [5, 5.41) is 3.31. The van der Waals surface area contributed by atoms with Crippen molar-refractivity contribution in [3.8, 4) is 0 Å². The van der Waals surface area contributed by atoms with Gasteiger partial charge in [0.15, 0.2) is 0 Å². The molecule has 0 aromatic rings. The average molecular weight is 305 g/mol. The maximum atomic E-state index is 11.7. The molecule has 1 amide bonds. The zero-order chi connectivity index (χ0) is 15.6. The van der Waals surface area contributed by atoms with Gasteiger partial charge in [-0.2, -0.15) is 0 Å². The van der Waals surface area contributed by atoms with Crippen molar-refractivity contribution >= 4 is 15.7 Å². The molecule has 3 N–H and O–H groups in total. The van der Waals surface area contributed by atoms with Crippen molar-refractivity contribution < 1.29 is 13.2 Å². The number of carbonyl (C=O) groups is 1. The van der Waals surface area contributed by atoms with Gasteiger partial charge in [-0.15, -0.1) is 0 Å². The Hall–Kier alpha value is -0.660. The van der Waals surface area contributed by atoms with E-state index in [1.54, 1.807) is 0 Å². The quantitative estimate of drug-likeness (QED) is 0.612. The molecule has 0 saturated heterocycles. The van der Waals surface area contributed by atoms with Crippen LogP contribution in [0.25, 0.3) is 0 Å². The molecule has 1 saturated carbocycles. The van der Waals surface area contributed by atoms with Gasteiger partial charge in [0.2, 0.25) is 5.91 Å². The van der Waals surface area contributed by atoms with Crippen molar-refractivity contribution in [2.75, 3.05) is 25.6 Å². The highest BCUT2D eigenvalue weighted by molar-refractivity contribution is 7.90. The van der Waals surface area contributed by atoms with Gasteiger partial charge in [0.25, 0.3) is 0 Å². The molecule has 2 atom stereocenters. The van der Waals surface area contributed by atoms with Crippen LogP contribution in [0.2, 0.25) is 0 Å². The fraction of sp³-hybridized carbons (Fsp3) is 0.923. The Kier molecular flexibility index (Phi) is 5.57. The number of sulfone groups is 1. The van der Waals surface area contributed by atoms with Crippen LogP contribution in [0.1, 0.15) is 33.1 Å². The number of rotatable bonds is 9. The number of amides is 1. The van der Waals surface area contributed by atoms with E-state index < -0.39 is 15.4 Å². The summed E-state index contributed by atoms with van der Waals surface area (Å²) in [5.74, 6) is -0.232. The summed E-state index contributed by atoms with van der Waals surface area (Å²) in [7, 11) is -1.10. The maximum Gasteiger partial charge on any atom is 0.237 e. The summed E-state index contributed by atoms with van der Waals surface area (Å²) in [6.45, 7) is 4.27. The molecular formula is C13H27N3O3S. The van der Waals surface area contributed by atoms with Crippen LogP contribution in [0.5, 0.6) is 0 Å². The normalized spacial score (nSPS) is 20.6. The predicted octanol–water partition coefficient (Wildman–Crippen LogP) is -0.263. The number of carbonyl (C=O) groups excluding carboxylic acids is 1. The van der Waals surface area contributed by atoms with Gasteiger partial charge in [-0.25, -0.2) is 8.42 Å². The van der Waals surface area contributed by atoms with E-state index in [2.05, 4.69) is 5.32 Å². The second kappa shape index (κ2) is 6.41. The topological polar surface area (TPSA) is 92.5 Å². The minimum atomic E-state index is -2.97. The molecule has 7 heteroatoms. The summed E-state index contributed by atoms with van der Waals surface area (Å²) < 4.78 is 22.4. The Morgan fingerprint density at radius 2 is 2.05 bits per heavy atom. The molecule has 1 aliphatic rings. The Bertz CT molecular complexity index is 448. The first-order valence-corrected chi connectivity index (χ1v) is 9.05. The minimum Gasteiger partial charge on any atom is -0.368 e. The monoisotopic (exact) mass is 305 g/mol. The van der Waals surface area contributed by atoms with Crippen LogP contribution in [0.4, 0.5) is 0 Å². The molecule has 1 rings (SSSR count). The van der Waals surface area contributed by atoms with Crippen LogP contribution in [-0.2, 0) is 14.6 Å². The maximum absolute atomic E-state index is 11.7. The zero-order valence-corrected chi connectivity index (χ0v) is 13.7. The molecule has 0 bridgehead atoms. The van der Waals surface area contributed by atoms with E-state index in [1.165, 1.54) is 6.26 Å². The molecule has 6 nitrogen and oxygen atoms in total. The van der Waals surface area contributed by atoms with E-state index in [-0.39, 0.29) is 17.7 Å². The van der Waals surface area contributed by atoms with Crippen LogP contribution in [-0.4, -0.2) is 62.4 Å². The first kappa shape index (κ1) is 17.4. The molecule has 0 radical (unpaired) electrons. The lowest BCUT2D eigenvalue weighted by Crippen LogP contribution is -2.57. The molecule has 118 valence electrons. The van der Waals surface area contributed by atoms with Crippen LogP contribution in [0, 0.1) is 0 Å². The third kappa shape index (κ3) is 5.76. The number of nitrogens with one attached hydrogen (secondary N) is 1. The summed E-state index contributed by atoms with van der Waals surface area (Å²) in [6, 6.07) is 0.460. The minimum absolute atomic E-state index is 0.0699. The molecule has 0 aliphatic heterocycles. The van der Waals surface area contributed by atoms with Crippen LogP contribution in [0.15, 0.2) is 0 Å². The summed E-state index contributed by atoms with van der Waals surface area (Å²) in [4.78, 5) is 13.7. The molecular weight excluding hydrogens is 278 g/mol. The van der Waals surface area contributed by atoms with E-state index >= 15 is 0 Å². The lowest BCUT2D eigenvalue weighted by atomic mass is 9.92. The second-order valence-electron chi connectivity index (χ2n) is 6.28. The van der Waals surface area contributed by atoms with Crippen LogP contribution in [0.3, 0.4) is 0 Å². The highest BCUT2D eigenvalue weighted by Crippen LogP contribution is 2.25. The first-order chi connectivity index (χ1) is 9.03. The number of hydrogen-bond acceptors (Lipinski definition) is 5. The third-order valence-electron chi connectivity index (χ3n) is 3.91. The summed E-state index contributed by atoms with van der Waals surface area (Å²) in [6.07, 6.45) is 3.97. The average Bonchev–Trinajstić information content (AvgIpc) is 3.08. The van der Waals surface area contributed by atoms with Gasteiger partial charge in [-0.1, -0.05) is 0 Å². The van der Waals surface area contributed by atoms with Crippen LogP contribution < -0.4 is 11.1 Å². The molecule has 0 aromatic carbocycles. The van der Waals surface area contributed by atoms with Crippen molar-refractivity contribution in [2.45, 2.75) is 50.7 Å². The number of nitrogens with zero attached hydrogens (tertiary/aromatic N) is 1. The molecule has 0 aromatic heterocycles. The van der Waals surface area contributed by atoms with Gasteiger partial charge in [0.1, 0.15) is 9.84 Å². The zero-order valence-electron chi connectivity index (χ0n) is 12.8. The lowest BCUT2D eigenvalue weighted by molar-refractivity contribution is -0.124. The number of nitrogens with two attached hydrogens (primary N) is 1. The Morgan fingerprint density at radius 3 is 2.45 bits per heavy atom. The van der Waals surface area contributed by atoms with E-state index in [1.807, 2.05) is 25.8 Å². The van der Waals surface area contributed by atoms with Crippen molar-refractivity contribution in [1.29, 1.82) is 0 Å². The molecule has 20 heavy (non-hydrogen) atoms. The summed E-state index contributed by atoms with van der Waals surface area (Å²) >= 11 is 0. The fourth-order valence-electron chi connectivity index (χ4n) is 2.19. The van der Waals surface area contributed by atoms with Crippen molar-refractivity contribution in [3.63, 3.8) is 0 Å². The van der Waals surface area contributed by atoms with Crippen molar-refractivity contribution in [1.82, 2.24) is 10.2 Å². The van der Waals surface area contributed by atoms with Gasteiger partial charge in [-0.05, 0) is 40.2 Å². The van der Waals surface area contributed by atoms with Gasteiger partial charge in [0.05, 0.1) is 11.3 Å². The Morgan fingerprint density at radius 1 is 1.50 bits per heavy atom. The highest BCUT2D eigenvalue weighted by Gasteiger charge is 2.38. The predicted molar refractivity (Wildman–Crippen MR) is 80.2 cm³/mol.